The third-order valence-corrected chi connectivity index (χ3v) is 7.80. The Morgan fingerprint density at radius 1 is 1.27 bits per heavy atom. The van der Waals surface area contributed by atoms with Gasteiger partial charge in [-0.15, -0.1) is 0 Å². The van der Waals surface area contributed by atoms with Gasteiger partial charge in [0.05, 0.1) is 30.7 Å². The van der Waals surface area contributed by atoms with Gasteiger partial charge in [-0.1, -0.05) is 12.1 Å². The molecular formula is C19H25F3N2O5S. The molecule has 0 saturated carbocycles. The third-order valence-electron chi connectivity index (χ3n) is 5.56. The summed E-state index contributed by atoms with van der Waals surface area (Å²) in [7, 11) is -2.36. The molecule has 2 heterocycles. The lowest BCUT2D eigenvalue weighted by Crippen LogP contribution is -2.47. The molecule has 2 saturated heterocycles. The molecule has 2 atom stereocenters. The zero-order valence-corrected chi connectivity index (χ0v) is 17.6. The highest BCUT2D eigenvalue weighted by molar-refractivity contribution is 7.89. The van der Waals surface area contributed by atoms with Crippen LogP contribution >= 0.6 is 0 Å². The summed E-state index contributed by atoms with van der Waals surface area (Å²) in [5.41, 5.74) is -0.619. The minimum absolute atomic E-state index is 0.154. The smallest absolute Gasteiger partial charge is 0.416 e. The molecule has 30 heavy (non-hydrogen) atoms. The van der Waals surface area contributed by atoms with E-state index in [2.05, 4.69) is 0 Å². The van der Waals surface area contributed by atoms with Crippen molar-refractivity contribution in [2.24, 2.45) is 5.92 Å². The lowest BCUT2D eigenvalue weighted by Gasteiger charge is -2.33. The normalized spacial score (nSPS) is 24.8. The van der Waals surface area contributed by atoms with Crippen molar-refractivity contribution in [1.82, 2.24) is 9.37 Å². The lowest BCUT2D eigenvalue weighted by atomic mass is 9.98. The van der Waals surface area contributed by atoms with Gasteiger partial charge < -0.3 is 4.74 Å². The van der Waals surface area contributed by atoms with Crippen molar-refractivity contribution in [3.8, 4) is 0 Å². The van der Waals surface area contributed by atoms with Gasteiger partial charge in [0.25, 0.3) is 0 Å². The highest BCUT2D eigenvalue weighted by Gasteiger charge is 2.47. The first-order chi connectivity index (χ1) is 14.1. The number of alkyl halides is 3. The van der Waals surface area contributed by atoms with Gasteiger partial charge in [0.1, 0.15) is 5.25 Å². The number of hydrogen-bond donors (Lipinski definition) is 0. The van der Waals surface area contributed by atoms with E-state index in [0.29, 0.717) is 12.8 Å². The van der Waals surface area contributed by atoms with Crippen LogP contribution in [0.15, 0.2) is 24.3 Å². The first kappa shape index (κ1) is 23.0. The van der Waals surface area contributed by atoms with Crippen molar-refractivity contribution in [2.75, 3.05) is 33.4 Å². The second-order valence-electron chi connectivity index (χ2n) is 7.42. The number of hydroxylamine groups is 2. The maximum absolute atomic E-state index is 13.3. The fraction of sp³-hybridized carbons (Fsp3) is 0.632. The molecule has 1 aromatic carbocycles. The summed E-state index contributed by atoms with van der Waals surface area (Å²) in [4.78, 5) is 17.3. The van der Waals surface area contributed by atoms with Crippen LogP contribution in [-0.4, -0.2) is 62.4 Å². The van der Waals surface area contributed by atoms with Crippen LogP contribution in [0.4, 0.5) is 13.2 Å². The standard InChI is InChI=1S/C19H25F3N2O5S/c1-3-28-18(25)13-7-9-24(10-8-13)30(26,27)16-12-29-23(2)17(16)14-5-4-6-15(11-14)19(20,21)22/h4-6,11,13,16-17H,3,7-10,12H2,1-2H3/t16-,17+/m1/s1. The SMILES string of the molecule is CCOC(=O)C1CCN(S(=O)(=O)[C@@H]2CON(C)[C@H]2c2cccc(C(F)(F)F)c2)CC1. The van der Waals surface area contributed by atoms with Gasteiger partial charge in [0.15, 0.2) is 0 Å². The summed E-state index contributed by atoms with van der Waals surface area (Å²) in [5, 5.41) is 0.244. The van der Waals surface area contributed by atoms with E-state index in [-0.39, 0.29) is 43.8 Å². The van der Waals surface area contributed by atoms with Crippen molar-refractivity contribution in [1.29, 1.82) is 0 Å². The number of piperidine rings is 1. The van der Waals surface area contributed by atoms with E-state index < -0.39 is 33.1 Å². The zero-order chi connectivity index (χ0) is 22.1. The van der Waals surface area contributed by atoms with Crippen LogP contribution in [0.2, 0.25) is 0 Å². The Morgan fingerprint density at radius 3 is 2.53 bits per heavy atom. The van der Waals surface area contributed by atoms with E-state index in [1.807, 2.05) is 0 Å². The quantitative estimate of drug-likeness (QED) is 0.642. The summed E-state index contributed by atoms with van der Waals surface area (Å²) in [6, 6.07) is 3.77. The minimum Gasteiger partial charge on any atom is -0.466 e. The molecule has 0 aromatic heterocycles. The van der Waals surface area contributed by atoms with Crippen LogP contribution < -0.4 is 0 Å². The maximum atomic E-state index is 13.3. The molecule has 0 N–H and O–H groups in total. The predicted octanol–water partition coefficient (Wildman–Crippen LogP) is 2.60. The Labute approximate surface area is 173 Å². The molecule has 2 aliphatic heterocycles. The van der Waals surface area contributed by atoms with Gasteiger partial charge in [0.2, 0.25) is 10.0 Å². The van der Waals surface area contributed by atoms with Gasteiger partial charge in [0, 0.05) is 20.1 Å². The average molecular weight is 450 g/mol. The number of rotatable bonds is 5. The number of esters is 1. The van der Waals surface area contributed by atoms with Gasteiger partial charge >= 0.3 is 12.1 Å². The molecule has 1 aromatic rings. The van der Waals surface area contributed by atoms with E-state index in [9.17, 15) is 26.4 Å². The van der Waals surface area contributed by atoms with E-state index >= 15 is 0 Å². The fourth-order valence-electron chi connectivity index (χ4n) is 3.97. The van der Waals surface area contributed by atoms with Crippen LogP contribution in [0.1, 0.15) is 36.9 Å². The van der Waals surface area contributed by atoms with E-state index in [1.54, 1.807) is 6.92 Å². The van der Waals surface area contributed by atoms with Crippen molar-refractivity contribution in [2.45, 2.75) is 37.2 Å². The third kappa shape index (κ3) is 4.63. The molecule has 2 fully saturated rings. The first-order valence-electron chi connectivity index (χ1n) is 9.74. The van der Waals surface area contributed by atoms with Crippen LogP contribution in [0.5, 0.6) is 0 Å². The van der Waals surface area contributed by atoms with Crippen LogP contribution in [0.3, 0.4) is 0 Å². The molecule has 2 aliphatic rings. The number of ether oxygens (including phenoxy) is 1. The summed E-state index contributed by atoms with van der Waals surface area (Å²) in [6.45, 7) is 2.13. The zero-order valence-electron chi connectivity index (χ0n) is 16.8. The summed E-state index contributed by atoms with van der Waals surface area (Å²) in [6.07, 6.45) is -3.84. The van der Waals surface area contributed by atoms with Crippen LogP contribution in [0, 0.1) is 5.92 Å². The largest absolute Gasteiger partial charge is 0.466 e. The molecule has 3 rings (SSSR count). The van der Waals surface area contributed by atoms with Gasteiger partial charge in [-0.25, -0.2) is 12.7 Å². The Hall–Kier alpha value is -1.69. The van der Waals surface area contributed by atoms with Crippen molar-refractivity contribution in [3.63, 3.8) is 0 Å². The molecule has 11 heteroatoms. The Kier molecular flexibility index (Phi) is 6.75. The molecule has 0 radical (unpaired) electrons. The van der Waals surface area contributed by atoms with E-state index in [1.165, 1.54) is 28.5 Å². The maximum Gasteiger partial charge on any atom is 0.416 e. The monoisotopic (exact) mass is 450 g/mol. The number of sulfonamides is 1. The number of carbonyl (C=O) groups is 1. The lowest BCUT2D eigenvalue weighted by molar-refractivity contribution is -0.149. The van der Waals surface area contributed by atoms with Gasteiger partial charge in [-0.2, -0.15) is 18.2 Å². The second-order valence-corrected chi connectivity index (χ2v) is 9.57. The van der Waals surface area contributed by atoms with Crippen molar-refractivity contribution in [3.05, 3.63) is 35.4 Å². The highest BCUT2D eigenvalue weighted by atomic mass is 32.2. The van der Waals surface area contributed by atoms with E-state index in [4.69, 9.17) is 9.57 Å². The molecule has 0 aliphatic carbocycles. The van der Waals surface area contributed by atoms with Gasteiger partial charge in [-0.3, -0.25) is 9.63 Å². The molecule has 168 valence electrons. The molecular weight excluding hydrogens is 425 g/mol. The topological polar surface area (TPSA) is 76.1 Å². The summed E-state index contributed by atoms with van der Waals surface area (Å²) < 4.78 is 72.2. The van der Waals surface area contributed by atoms with Crippen molar-refractivity contribution >= 4 is 16.0 Å². The Balaban J connectivity index is 1.80. The molecule has 0 amide bonds. The molecule has 0 spiro atoms. The number of benzene rings is 1. The molecule has 7 nitrogen and oxygen atoms in total. The minimum atomic E-state index is -4.53. The Bertz CT molecular complexity index is 869. The van der Waals surface area contributed by atoms with Crippen LogP contribution in [-0.2, 0) is 30.6 Å². The average Bonchev–Trinajstić information content (AvgIpc) is 3.10. The van der Waals surface area contributed by atoms with Gasteiger partial charge in [-0.05, 0) is 37.5 Å². The van der Waals surface area contributed by atoms with Crippen molar-refractivity contribution < 1.29 is 36.0 Å². The molecule has 0 unspecified atom stereocenters. The van der Waals surface area contributed by atoms with Crippen LogP contribution in [0.25, 0.3) is 0 Å². The number of hydrogen-bond acceptors (Lipinski definition) is 6. The number of carbonyl (C=O) groups excluding carboxylic acids is 1. The predicted molar refractivity (Wildman–Crippen MR) is 102 cm³/mol. The number of halogens is 3. The first-order valence-corrected chi connectivity index (χ1v) is 11.2. The fourth-order valence-corrected chi connectivity index (χ4v) is 5.96. The summed E-state index contributed by atoms with van der Waals surface area (Å²) in [5.74, 6) is -0.682. The second kappa shape index (κ2) is 8.81. The van der Waals surface area contributed by atoms with E-state index in [0.717, 1.165) is 12.1 Å². The highest BCUT2D eigenvalue weighted by Crippen LogP contribution is 2.38. The summed E-state index contributed by atoms with van der Waals surface area (Å²) >= 11 is 0. The molecule has 0 bridgehead atoms. The number of nitrogens with zero attached hydrogens (tertiary/aromatic N) is 2. The Morgan fingerprint density at radius 2 is 1.93 bits per heavy atom.